The minimum Gasteiger partial charge on any atom is -0.497 e. The van der Waals surface area contributed by atoms with Crippen LogP contribution in [0.1, 0.15) is 23.3 Å². The van der Waals surface area contributed by atoms with Gasteiger partial charge in [-0.25, -0.2) is 18.6 Å². The largest absolute Gasteiger partial charge is 0.497 e. The number of fused-ring (bicyclic) bond motifs is 1. The fourth-order valence-electron chi connectivity index (χ4n) is 2.40. The molecular formula is C14H17ClN2O7S2. The molecule has 1 aromatic heterocycles. The number of halogens is 1. The summed E-state index contributed by atoms with van der Waals surface area (Å²) in [6.07, 6.45) is 6.31. The molecule has 12 heteroatoms. The lowest BCUT2D eigenvalue weighted by Gasteiger charge is -2.17. The van der Waals surface area contributed by atoms with Crippen molar-refractivity contribution in [3.05, 3.63) is 40.9 Å². The Kier molecular flexibility index (Phi) is 6.80. The topological polar surface area (TPSA) is 152 Å². The third-order valence-corrected chi connectivity index (χ3v) is 6.05. The second-order valence-corrected chi connectivity index (χ2v) is 8.84. The van der Waals surface area contributed by atoms with Gasteiger partial charge < -0.3 is 4.74 Å². The van der Waals surface area contributed by atoms with Gasteiger partial charge >= 0.3 is 10.0 Å². The first-order valence-corrected chi connectivity index (χ1v) is 10.9. The van der Waals surface area contributed by atoms with Gasteiger partial charge in [0.15, 0.2) is 11.5 Å². The summed E-state index contributed by atoms with van der Waals surface area (Å²) in [5, 5.41) is 0. The lowest BCUT2D eigenvalue weighted by atomic mass is 10.0. The van der Waals surface area contributed by atoms with Crippen LogP contribution in [0, 0.1) is 10.2 Å². The van der Waals surface area contributed by atoms with Crippen LogP contribution in [0.3, 0.4) is 0 Å². The van der Waals surface area contributed by atoms with Crippen LogP contribution < -0.4 is 32.3 Å². The fourth-order valence-corrected chi connectivity index (χ4v) is 4.66. The van der Waals surface area contributed by atoms with Crippen LogP contribution in [-0.4, -0.2) is 15.5 Å². The zero-order valence-electron chi connectivity index (χ0n) is 13.7. The lowest BCUT2D eigenvalue weighted by molar-refractivity contribution is -2.00. The SMILES string of the molecule is COc1ccc(S(=O)(=O)N[n+]2cc3c(s2)CCCC3)cc1.[O-][Cl+3]([O-])([O-])[O-]. The van der Waals surface area contributed by atoms with E-state index in [1.807, 2.05) is 6.20 Å². The quantitative estimate of drug-likeness (QED) is 0.517. The number of hydrogen-bond acceptors (Lipinski definition) is 8. The summed E-state index contributed by atoms with van der Waals surface area (Å²) in [6.45, 7) is 0. The molecule has 1 aliphatic carbocycles. The van der Waals surface area contributed by atoms with Gasteiger partial charge in [0.1, 0.15) is 5.75 Å². The third-order valence-electron chi connectivity index (χ3n) is 3.52. The predicted molar refractivity (Wildman–Crippen MR) is 80.7 cm³/mol. The molecular weight excluding hydrogens is 408 g/mol. The molecule has 9 nitrogen and oxygen atoms in total. The van der Waals surface area contributed by atoms with Gasteiger partial charge in [-0.2, -0.15) is 8.42 Å². The molecule has 26 heavy (non-hydrogen) atoms. The lowest BCUT2D eigenvalue weighted by Crippen LogP contribution is -2.68. The van der Waals surface area contributed by atoms with Crippen LogP contribution in [0.25, 0.3) is 0 Å². The van der Waals surface area contributed by atoms with E-state index < -0.39 is 20.3 Å². The molecule has 1 N–H and O–H groups in total. The van der Waals surface area contributed by atoms with Crippen LogP contribution in [0.4, 0.5) is 0 Å². The van der Waals surface area contributed by atoms with Crippen LogP contribution in [0.15, 0.2) is 35.4 Å². The Morgan fingerprint density at radius 3 is 2.23 bits per heavy atom. The van der Waals surface area contributed by atoms with Crippen molar-refractivity contribution in [2.75, 3.05) is 11.9 Å². The monoisotopic (exact) mass is 424 g/mol. The van der Waals surface area contributed by atoms with Crippen molar-refractivity contribution < 1.29 is 46.1 Å². The molecule has 0 fully saturated rings. The molecule has 0 atom stereocenters. The van der Waals surface area contributed by atoms with Crippen molar-refractivity contribution in [3.63, 3.8) is 0 Å². The highest BCUT2D eigenvalue weighted by Gasteiger charge is 2.24. The molecule has 1 heterocycles. The highest BCUT2D eigenvalue weighted by molar-refractivity contribution is 7.92. The summed E-state index contributed by atoms with van der Waals surface area (Å²) in [5.74, 6) is 0.633. The second-order valence-electron chi connectivity index (χ2n) is 5.35. The number of aryl methyl sites for hydroxylation is 2. The molecule has 3 rings (SSSR count). The molecule has 0 unspecified atom stereocenters. The van der Waals surface area contributed by atoms with Crippen molar-refractivity contribution in [1.29, 1.82) is 0 Å². The summed E-state index contributed by atoms with van der Waals surface area (Å²) in [7, 11) is -6.97. The predicted octanol–water partition coefficient (Wildman–Crippen LogP) is -2.90. The summed E-state index contributed by atoms with van der Waals surface area (Å²) in [4.78, 5) is 4.10. The highest BCUT2D eigenvalue weighted by Crippen LogP contribution is 2.23. The van der Waals surface area contributed by atoms with Gasteiger partial charge in [-0.1, -0.05) is 4.83 Å². The van der Waals surface area contributed by atoms with Gasteiger partial charge in [0.25, 0.3) is 0 Å². The van der Waals surface area contributed by atoms with Gasteiger partial charge in [-0.3, -0.25) is 0 Å². The van der Waals surface area contributed by atoms with Crippen LogP contribution in [-0.2, 0) is 22.9 Å². The van der Waals surface area contributed by atoms with Crippen molar-refractivity contribution >= 4 is 21.6 Å². The molecule has 0 bridgehead atoms. The summed E-state index contributed by atoms with van der Waals surface area (Å²) >= 11 is 1.47. The van der Waals surface area contributed by atoms with E-state index in [-0.39, 0.29) is 4.90 Å². The Morgan fingerprint density at radius 2 is 1.69 bits per heavy atom. The maximum Gasteiger partial charge on any atom is 0.307 e. The number of nitrogens with one attached hydrogen (secondary N) is 1. The Balaban J connectivity index is 0.000000431. The van der Waals surface area contributed by atoms with Gasteiger partial charge in [0.2, 0.25) is 6.20 Å². The molecule has 0 saturated carbocycles. The van der Waals surface area contributed by atoms with Crippen molar-refractivity contribution in [1.82, 2.24) is 0 Å². The number of sulfonamides is 1. The first-order valence-electron chi connectivity index (χ1n) is 7.41. The zero-order valence-corrected chi connectivity index (χ0v) is 16.1. The van der Waals surface area contributed by atoms with E-state index in [1.54, 1.807) is 23.3 Å². The Bertz CT molecular complexity index is 802. The Hall–Kier alpha value is -1.47. The van der Waals surface area contributed by atoms with E-state index in [0.717, 1.165) is 12.8 Å². The number of ether oxygens (including phenoxy) is 1. The van der Waals surface area contributed by atoms with Crippen molar-refractivity contribution in [2.24, 2.45) is 0 Å². The van der Waals surface area contributed by atoms with Crippen molar-refractivity contribution in [2.45, 2.75) is 30.6 Å². The first-order chi connectivity index (χ1) is 12.1. The number of rotatable bonds is 4. The van der Waals surface area contributed by atoms with Gasteiger partial charge in [0.05, 0.1) is 16.9 Å². The summed E-state index contributed by atoms with van der Waals surface area (Å²) in [6, 6.07) is 6.35. The second kappa shape index (κ2) is 8.48. The number of nitrogens with zero attached hydrogens (tertiary/aromatic N) is 1. The molecule has 144 valence electrons. The maximum atomic E-state index is 12.3. The molecule has 0 aliphatic heterocycles. The fraction of sp³-hybridized carbons (Fsp3) is 0.357. The van der Waals surface area contributed by atoms with E-state index in [1.165, 1.54) is 46.9 Å². The van der Waals surface area contributed by atoms with Crippen LogP contribution in [0.5, 0.6) is 5.75 Å². The molecule has 1 aromatic carbocycles. The zero-order chi connectivity index (χ0) is 19.4. The number of benzene rings is 1. The molecule has 0 radical (unpaired) electrons. The van der Waals surface area contributed by atoms with Gasteiger partial charge in [0, 0.05) is 5.56 Å². The van der Waals surface area contributed by atoms with Gasteiger partial charge in [-0.05, 0) is 54.0 Å². The molecule has 0 spiro atoms. The van der Waals surface area contributed by atoms with Crippen LogP contribution >= 0.6 is 11.5 Å². The number of methoxy groups -OCH3 is 1. The average molecular weight is 425 g/mol. The minimum atomic E-state index is -4.94. The molecule has 0 amide bonds. The summed E-state index contributed by atoms with van der Waals surface area (Å²) < 4.78 is 65.3. The van der Waals surface area contributed by atoms with Crippen molar-refractivity contribution in [3.8, 4) is 5.75 Å². The number of aromatic nitrogens is 1. The molecule has 1 aliphatic rings. The van der Waals surface area contributed by atoms with Gasteiger partial charge in [-0.15, -0.1) is 10.2 Å². The Morgan fingerprint density at radius 1 is 1.12 bits per heavy atom. The first kappa shape index (κ1) is 20.8. The number of hydrogen-bond donors (Lipinski definition) is 1. The third kappa shape index (κ3) is 6.36. The Labute approximate surface area is 157 Å². The smallest absolute Gasteiger partial charge is 0.307 e. The maximum absolute atomic E-state index is 12.3. The normalized spacial score (nSPS) is 14.0. The van der Waals surface area contributed by atoms with Crippen LogP contribution in [0.2, 0.25) is 0 Å². The molecule has 2 aromatic rings. The van der Waals surface area contributed by atoms with E-state index in [9.17, 15) is 8.42 Å². The minimum absolute atomic E-state index is 0.224. The highest BCUT2D eigenvalue weighted by atomic mass is 35.7. The summed E-state index contributed by atoms with van der Waals surface area (Å²) in [5.41, 5.74) is 1.25. The van der Waals surface area contributed by atoms with E-state index in [0.29, 0.717) is 5.75 Å². The van der Waals surface area contributed by atoms with E-state index in [4.69, 9.17) is 23.4 Å². The van der Waals surface area contributed by atoms with E-state index >= 15 is 0 Å². The van der Waals surface area contributed by atoms with E-state index in [2.05, 4.69) is 4.83 Å². The average Bonchev–Trinajstić information content (AvgIpc) is 2.94. The molecule has 0 saturated heterocycles. The standard InChI is InChI=1S/C14H17N2O3S2.ClHO4/c1-19-12-6-8-13(9-7-12)21(17,18)15-16-10-11-4-2-3-5-14(11)20-16;2-1(3,4)5/h6-10,15H,2-5H2,1H3;(H,2,3,4,5)/q+1;/p-1.